The van der Waals surface area contributed by atoms with Crippen molar-refractivity contribution in [2.24, 2.45) is 0 Å². The molecule has 16 aromatic rings. The van der Waals surface area contributed by atoms with Crippen molar-refractivity contribution in [1.82, 2.24) is 0 Å². The summed E-state index contributed by atoms with van der Waals surface area (Å²) < 4.78 is 16.7. The molecule has 0 fully saturated rings. The second kappa shape index (κ2) is 20.3. The van der Waals surface area contributed by atoms with Crippen molar-refractivity contribution in [3.05, 3.63) is 337 Å². The molecule has 89 heavy (non-hydrogen) atoms. The van der Waals surface area contributed by atoms with Crippen LogP contribution in [0, 0.1) is 0 Å². The van der Waals surface area contributed by atoms with Gasteiger partial charge in [0.15, 0.2) is 5.75 Å². The molecule has 2 aliphatic rings. The van der Waals surface area contributed by atoms with Crippen LogP contribution in [0.3, 0.4) is 0 Å². The van der Waals surface area contributed by atoms with Crippen LogP contribution < -0.4 is 14.5 Å². The van der Waals surface area contributed by atoms with Gasteiger partial charge in [-0.2, -0.15) is 0 Å². The molecular formula is C83H51ClN2O2S. The monoisotopic (exact) mass is 1170 g/mol. The minimum Gasteiger partial charge on any atom is -0.455 e. The third-order valence-corrected chi connectivity index (χ3v) is 19.9. The highest BCUT2D eigenvalue weighted by atomic mass is 35.5. The Morgan fingerprint density at radius 1 is 0.348 bits per heavy atom. The number of furan rings is 1. The molecule has 1 spiro atoms. The largest absolute Gasteiger partial charge is 0.455 e. The van der Waals surface area contributed by atoms with Crippen molar-refractivity contribution in [2.75, 3.05) is 9.80 Å². The van der Waals surface area contributed by atoms with Crippen molar-refractivity contribution in [1.29, 1.82) is 0 Å². The van der Waals surface area contributed by atoms with Gasteiger partial charge in [-0.15, -0.1) is 11.3 Å². The summed E-state index contributed by atoms with van der Waals surface area (Å²) in [5, 5.41) is 7.41. The van der Waals surface area contributed by atoms with Crippen LogP contribution in [0.2, 0.25) is 5.02 Å². The fourth-order valence-electron chi connectivity index (χ4n) is 14.4. The normalized spacial score (nSPS) is 13.8. The van der Waals surface area contributed by atoms with Crippen molar-refractivity contribution in [3.63, 3.8) is 0 Å². The molecular weight excluding hydrogens is 1120 g/mol. The molecule has 0 saturated carbocycles. The van der Waals surface area contributed by atoms with Crippen molar-refractivity contribution in [3.8, 4) is 56.0 Å². The summed E-state index contributed by atoms with van der Waals surface area (Å²) in [6.45, 7) is 0. The lowest BCUT2D eigenvalue weighted by Gasteiger charge is -2.41. The SMILES string of the molecule is Clc1cccc2c1Oc1ccc(N(c3ccc4ccccc4c3)c3cc(-c4ccc(-c5ccccc5)cc4)c4sc5ccccc5c4c3)cc1C21c2ccccc2-c2ccc(N(c3ccccc3)c3ccc(-c4ccccc4)c4oc5ccccc5c34)cc21. The number of hydrogen-bond acceptors (Lipinski definition) is 5. The summed E-state index contributed by atoms with van der Waals surface area (Å²) in [6.07, 6.45) is 0. The Morgan fingerprint density at radius 2 is 0.955 bits per heavy atom. The summed E-state index contributed by atoms with van der Waals surface area (Å²) in [4.78, 5) is 4.86. The van der Waals surface area contributed by atoms with Crippen LogP contribution in [0.4, 0.5) is 34.1 Å². The Balaban J connectivity index is 0.890. The van der Waals surface area contributed by atoms with E-state index in [0.717, 1.165) is 117 Å². The number of ether oxygens (including phenoxy) is 1. The Kier molecular flexibility index (Phi) is 11.7. The van der Waals surface area contributed by atoms with Crippen LogP contribution in [0.1, 0.15) is 22.3 Å². The second-order valence-corrected chi connectivity index (χ2v) is 24.6. The van der Waals surface area contributed by atoms with Gasteiger partial charge in [0.2, 0.25) is 0 Å². The molecule has 3 heterocycles. The highest BCUT2D eigenvalue weighted by Crippen LogP contribution is 2.65. The van der Waals surface area contributed by atoms with Gasteiger partial charge in [-0.05, 0) is 152 Å². The predicted octanol–water partition coefficient (Wildman–Crippen LogP) is 24.2. The Labute approximate surface area is 523 Å². The van der Waals surface area contributed by atoms with Gasteiger partial charge in [-0.1, -0.05) is 224 Å². The fraction of sp³-hybridized carbons (Fsp3) is 0.0120. The number of para-hydroxylation sites is 3. The number of rotatable bonds is 9. The Morgan fingerprint density at radius 3 is 1.80 bits per heavy atom. The third kappa shape index (κ3) is 7.99. The van der Waals surface area contributed by atoms with E-state index in [1.807, 2.05) is 17.4 Å². The van der Waals surface area contributed by atoms with Crippen LogP contribution in [0.25, 0.3) is 97.4 Å². The average Bonchev–Trinajstić information content (AvgIpc) is 1.62. The van der Waals surface area contributed by atoms with E-state index < -0.39 is 5.41 Å². The molecule has 0 saturated heterocycles. The van der Waals surface area contributed by atoms with Crippen LogP contribution in [-0.2, 0) is 5.41 Å². The molecule has 0 bridgehead atoms. The summed E-state index contributed by atoms with van der Waals surface area (Å²) in [5.41, 5.74) is 20.2. The van der Waals surface area contributed by atoms with E-state index in [1.54, 1.807) is 0 Å². The Bertz CT molecular complexity index is 5500. The number of nitrogens with zero attached hydrogens (tertiary/aromatic N) is 2. The molecule has 1 atom stereocenters. The molecule has 0 N–H and O–H groups in total. The zero-order valence-corrected chi connectivity index (χ0v) is 49.5. The standard InChI is InChI=1S/C83H51ClN2O2S/c84-74-32-18-31-71-81(74)88-77-46-42-60(85(59-40-39-53-21-10-11-24-57(53)47-59)62-48-68(82-69(49-62)66-28-14-17-34-78(66)89-82)56-37-35-54(36-38-56)52-19-4-1-5-20-52)51-73(77)83(71)70-30-15-12-27-64(70)65-43-41-61(50-72(65)83)86(58-25-8-3-9-26-58)75-45-44-63(55-22-6-2-7-23-55)80-79(75)67-29-13-16-33-76(67)87-80/h1-51H. The van der Waals surface area contributed by atoms with Gasteiger partial charge in [0.1, 0.15) is 16.9 Å². The zero-order valence-electron chi connectivity index (χ0n) is 47.9. The molecule has 18 rings (SSSR count). The molecule has 418 valence electrons. The quantitative estimate of drug-likeness (QED) is 0.144. The number of benzene rings is 14. The van der Waals surface area contributed by atoms with Gasteiger partial charge in [-0.3, -0.25) is 0 Å². The first-order valence-corrected chi connectivity index (χ1v) is 31.3. The molecule has 1 unspecified atom stereocenters. The average molecular weight is 1180 g/mol. The first kappa shape index (κ1) is 51.3. The number of thiophene rings is 1. The van der Waals surface area contributed by atoms with Crippen molar-refractivity contribution >= 4 is 110 Å². The highest BCUT2D eigenvalue weighted by molar-refractivity contribution is 7.26. The zero-order chi connectivity index (χ0) is 58.7. The Hall–Kier alpha value is -11.0. The minimum absolute atomic E-state index is 0.552. The summed E-state index contributed by atoms with van der Waals surface area (Å²) in [6, 6.07) is 112. The van der Waals surface area contributed by atoms with Crippen molar-refractivity contribution in [2.45, 2.75) is 5.41 Å². The maximum atomic E-state index is 7.44. The van der Waals surface area contributed by atoms with E-state index in [2.05, 4.69) is 313 Å². The van der Waals surface area contributed by atoms with Crippen LogP contribution in [0.5, 0.6) is 11.5 Å². The highest BCUT2D eigenvalue weighted by Gasteiger charge is 2.52. The van der Waals surface area contributed by atoms with Gasteiger partial charge in [0, 0.05) is 76.2 Å². The molecule has 14 aromatic carbocycles. The van der Waals surface area contributed by atoms with Crippen LogP contribution in [0.15, 0.2) is 314 Å². The van der Waals surface area contributed by atoms with E-state index in [9.17, 15) is 0 Å². The van der Waals surface area contributed by atoms with Crippen LogP contribution in [-0.4, -0.2) is 0 Å². The van der Waals surface area contributed by atoms with E-state index >= 15 is 0 Å². The summed E-state index contributed by atoms with van der Waals surface area (Å²) in [5.74, 6) is 1.39. The first-order valence-electron chi connectivity index (χ1n) is 30.1. The number of fused-ring (bicyclic) bond motifs is 16. The van der Waals surface area contributed by atoms with Crippen LogP contribution >= 0.6 is 22.9 Å². The molecule has 0 amide bonds. The lowest BCUT2D eigenvalue weighted by atomic mass is 9.66. The summed E-state index contributed by atoms with van der Waals surface area (Å²) in [7, 11) is 0. The number of halogens is 1. The third-order valence-electron chi connectivity index (χ3n) is 18.4. The fourth-order valence-corrected chi connectivity index (χ4v) is 15.9. The topological polar surface area (TPSA) is 28.9 Å². The first-order chi connectivity index (χ1) is 44.0. The smallest absolute Gasteiger partial charge is 0.150 e. The number of hydrogen-bond donors (Lipinski definition) is 0. The van der Waals surface area contributed by atoms with Gasteiger partial charge in [-0.25, -0.2) is 0 Å². The maximum absolute atomic E-state index is 7.44. The van der Waals surface area contributed by atoms with Gasteiger partial charge in [0.25, 0.3) is 0 Å². The molecule has 1 aliphatic heterocycles. The molecule has 6 heteroatoms. The molecule has 2 aromatic heterocycles. The van der Waals surface area contributed by atoms with E-state index in [0.29, 0.717) is 10.8 Å². The van der Waals surface area contributed by atoms with E-state index in [1.165, 1.54) is 42.2 Å². The van der Waals surface area contributed by atoms with E-state index in [4.69, 9.17) is 20.8 Å². The minimum atomic E-state index is -0.919. The molecule has 1 aliphatic carbocycles. The second-order valence-electron chi connectivity index (χ2n) is 23.2. The van der Waals surface area contributed by atoms with Gasteiger partial charge >= 0.3 is 0 Å². The molecule has 4 nitrogen and oxygen atoms in total. The molecule has 0 radical (unpaired) electrons. The maximum Gasteiger partial charge on any atom is 0.150 e. The van der Waals surface area contributed by atoms with Crippen molar-refractivity contribution < 1.29 is 9.15 Å². The van der Waals surface area contributed by atoms with Gasteiger partial charge in [0.05, 0.1) is 21.5 Å². The van der Waals surface area contributed by atoms with Gasteiger partial charge < -0.3 is 19.0 Å². The lowest BCUT2D eigenvalue weighted by Crippen LogP contribution is -2.32. The lowest BCUT2D eigenvalue weighted by molar-refractivity contribution is 0.436. The van der Waals surface area contributed by atoms with E-state index in [-0.39, 0.29) is 0 Å². The number of anilines is 6. The summed E-state index contributed by atoms with van der Waals surface area (Å²) >= 11 is 9.30. The predicted molar refractivity (Wildman–Crippen MR) is 372 cm³/mol.